The molecule has 1 atom stereocenters. The lowest BCUT2D eigenvalue weighted by atomic mass is 10.0. The van der Waals surface area contributed by atoms with Gasteiger partial charge < -0.3 is 19.7 Å². The summed E-state index contributed by atoms with van der Waals surface area (Å²) in [6, 6.07) is 13.2. The Morgan fingerprint density at radius 1 is 1.03 bits per heavy atom. The van der Waals surface area contributed by atoms with Crippen molar-refractivity contribution in [1.29, 1.82) is 0 Å². The van der Waals surface area contributed by atoms with Crippen molar-refractivity contribution in [1.82, 2.24) is 10.2 Å². The van der Waals surface area contributed by atoms with Crippen LogP contribution in [-0.4, -0.2) is 43.8 Å². The SMILES string of the molecule is C=C(Cc1cccc(F)c1)N[C@@H](Cc1ccc2c(c1)OCCO2)CN1CCCC1. The van der Waals surface area contributed by atoms with Crippen molar-refractivity contribution >= 4 is 0 Å². The van der Waals surface area contributed by atoms with Gasteiger partial charge in [0, 0.05) is 24.7 Å². The van der Waals surface area contributed by atoms with Gasteiger partial charge in [0.2, 0.25) is 0 Å². The van der Waals surface area contributed by atoms with Gasteiger partial charge in [0.1, 0.15) is 19.0 Å². The highest BCUT2D eigenvalue weighted by atomic mass is 19.1. The lowest BCUT2D eigenvalue weighted by molar-refractivity contribution is 0.171. The maximum Gasteiger partial charge on any atom is 0.161 e. The minimum absolute atomic E-state index is 0.208. The summed E-state index contributed by atoms with van der Waals surface area (Å²) in [4.78, 5) is 2.51. The van der Waals surface area contributed by atoms with Crippen LogP contribution in [-0.2, 0) is 12.8 Å². The third kappa shape index (κ3) is 5.51. The normalized spacial score (nSPS) is 17.1. The van der Waals surface area contributed by atoms with Crippen LogP contribution in [0.15, 0.2) is 54.7 Å². The highest BCUT2D eigenvalue weighted by Crippen LogP contribution is 2.31. The van der Waals surface area contributed by atoms with Crippen LogP contribution in [0.3, 0.4) is 0 Å². The van der Waals surface area contributed by atoms with Crippen LogP contribution < -0.4 is 14.8 Å². The number of nitrogens with zero attached hydrogens (tertiary/aromatic N) is 1. The maximum atomic E-state index is 13.5. The van der Waals surface area contributed by atoms with Gasteiger partial charge in [-0.3, -0.25) is 0 Å². The number of hydrogen-bond donors (Lipinski definition) is 1. The number of fused-ring (bicyclic) bond motifs is 1. The molecule has 1 saturated heterocycles. The molecule has 29 heavy (non-hydrogen) atoms. The second-order valence-corrected chi connectivity index (χ2v) is 7.94. The molecular formula is C24H29FN2O2. The van der Waals surface area contributed by atoms with Gasteiger partial charge in [-0.05, 0) is 67.7 Å². The molecule has 4 rings (SSSR count). The lowest BCUT2D eigenvalue weighted by Crippen LogP contribution is -2.41. The summed E-state index contributed by atoms with van der Waals surface area (Å²) in [6.07, 6.45) is 4.02. The summed E-state index contributed by atoms with van der Waals surface area (Å²) in [6.45, 7) is 8.67. The van der Waals surface area contributed by atoms with Gasteiger partial charge in [0.15, 0.2) is 11.5 Å². The van der Waals surface area contributed by atoms with Gasteiger partial charge in [-0.1, -0.05) is 24.8 Å². The molecular weight excluding hydrogens is 367 g/mol. The first-order chi connectivity index (χ1) is 14.2. The van der Waals surface area contributed by atoms with E-state index in [1.54, 1.807) is 12.1 Å². The van der Waals surface area contributed by atoms with E-state index in [1.165, 1.54) is 24.5 Å². The summed E-state index contributed by atoms with van der Waals surface area (Å²) in [7, 11) is 0. The first-order valence-electron chi connectivity index (χ1n) is 10.5. The Bertz CT molecular complexity index is 849. The molecule has 0 spiro atoms. The Morgan fingerprint density at radius 3 is 2.62 bits per heavy atom. The Kier molecular flexibility index (Phi) is 6.35. The predicted octanol–water partition coefficient (Wildman–Crippen LogP) is 3.95. The molecule has 2 aliphatic heterocycles. The molecule has 4 nitrogen and oxygen atoms in total. The zero-order valence-corrected chi connectivity index (χ0v) is 16.8. The number of ether oxygens (including phenoxy) is 2. The van der Waals surface area contributed by atoms with E-state index in [0.717, 1.165) is 48.8 Å². The molecule has 1 N–H and O–H groups in total. The molecule has 5 heteroatoms. The van der Waals surface area contributed by atoms with E-state index in [1.807, 2.05) is 12.1 Å². The number of hydrogen-bond acceptors (Lipinski definition) is 4. The van der Waals surface area contributed by atoms with Gasteiger partial charge in [-0.15, -0.1) is 0 Å². The van der Waals surface area contributed by atoms with E-state index in [2.05, 4.69) is 28.9 Å². The first-order valence-corrected chi connectivity index (χ1v) is 10.5. The molecule has 2 aliphatic rings. The van der Waals surface area contributed by atoms with Gasteiger partial charge in [0.05, 0.1) is 0 Å². The van der Waals surface area contributed by atoms with Crippen LogP contribution in [0.2, 0.25) is 0 Å². The number of benzene rings is 2. The Hall–Kier alpha value is -2.53. The molecule has 2 heterocycles. The highest BCUT2D eigenvalue weighted by molar-refractivity contribution is 5.44. The molecule has 0 saturated carbocycles. The fraction of sp³-hybridized carbons (Fsp3) is 0.417. The van der Waals surface area contributed by atoms with Crippen molar-refractivity contribution in [2.24, 2.45) is 0 Å². The fourth-order valence-corrected chi connectivity index (χ4v) is 4.17. The standard InChI is InChI=1S/C24H29FN2O2/c1-18(13-19-5-4-6-21(25)14-19)26-22(17-27-9-2-3-10-27)15-20-7-8-23-24(16-20)29-12-11-28-23/h4-8,14,16,22,26H,1-3,9-13,15,17H2/t22-/m0/s1. The molecule has 154 valence electrons. The molecule has 0 bridgehead atoms. The topological polar surface area (TPSA) is 33.7 Å². The number of rotatable bonds is 8. The van der Waals surface area contributed by atoms with Crippen molar-refractivity contribution in [3.05, 3.63) is 71.7 Å². The van der Waals surface area contributed by atoms with Gasteiger partial charge in [-0.25, -0.2) is 4.39 Å². The molecule has 0 radical (unpaired) electrons. The summed E-state index contributed by atoms with van der Waals surface area (Å²) in [5.41, 5.74) is 3.06. The van der Waals surface area contributed by atoms with E-state index in [-0.39, 0.29) is 11.9 Å². The Balaban J connectivity index is 1.43. The van der Waals surface area contributed by atoms with Crippen LogP contribution in [0.5, 0.6) is 11.5 Å². The van der Waals surface area contributed by atoms with E-state index in [0.29, 0.717) is 19.6 Å². The molecule has 0 aliphatic carbocycles. The molecule has 2 aromatic carbocycles. The maximum absolute atomic E-state index is 13.5. The summed E-state index contributed by atoms with van der Waals surface area (Å²) in [5, 5.41) is 3.61. The molecule has 2 aromatic rings. The number of allylic oxidation sites excluding steroid dienone is 1. The van der Waals surface area contributed by atoms with Crippen LogP contribution >= 0.6 is 0 Å². The van der Waals surface area contributed by atoms with Crippen LogP contribution in [0, 0.1) is 5.82 Å². The van der Waals surface area contributed by atoms with Gasteiger partial charge in [-0.2, -0.15) is 0 Å². The molecule has 0 amide bonds. The lowest BCUT2D eigenvalue weighted by Gasteiger charge is -2.27. The number of likely N-dealkylation sites (tertiary alicyclic amines) is 1. The van der Waals surface area contributed by atoms with Crippen molar-refractivity contribution < 1.29 is 13.9 Å². The minimum Gasteiger partial charge on any atom is -0.486 e. The monoisotopic (exact) mass is 396 g/mol. The smallest absolute Gasteiger partial charge is 0.161 e. The Morgan fingerprint density at radius 2 is 1.83 bits per heavy atom. The Labute approximate surface area is 172 Å². The fourth-order valence-electron chi connectivity index (χ4n) is 4.17. The predicted molar refractivity (Wildman–Crippen MR) is 113 cm³/mol. The second kappa shape index (κ2) is 9.31. The van der Waals surface area contributed by atoms with Crippen LogP contribution in [0.4, 0.5) is 4.39 Å². The summed E-state index contributed by atoms with van der Waals surface area (Å²) in [5.74, 6) is 1.44. The zero-order chi connectivity index (χ0) is 20.1. The van der Waals surface area contributed by atoms with E-state index in [4.69, 9.17) is 9.47 Å². The average molecular weight is 397 g/mol. The van der Waals surface area contributed by atoms with Crippen molar-refractivity contribution in [2.45, 2.75) is 31.7 Å². The van der Waals surface area contributed by atoms with Gasteiger partial charge >= 0.3 is 0 Å². The van der Waals surface area contributed by atoms with Crippen LogP contribution in [0.1, 0.15) is 24.0 Å². The zero-order valence-electron chi connectivity index (χ0n) is 16.8. The minimum atomic E-state index is -0.208. The second-order valence-electron chi connectivity index (χ2n) is 7.94. The highest BCUT2D eigenvalue weighted by Gasteiger charge is 2.20. The van der Waals surface area contributed by atoms with E-state index in [9.17, 15) is 4.39 Å². The summed E-state index contributed by atoms with van der Waals surface area (Å²) >= 11 is 0. The third-order valence-corrected chi connectivity index (χ3v) is 5.48. The largest absolute Gasteiger partial charge is 0.486 e. The van der Waals surface area contributed by atoms with Crippen molar-refractivity contribution in [3.8, 4) is 11.5 Å². The quantitative estimate of drug-likeness (QED) is 0.733. The number of nitrogens with one attached hydrogen (secondary N) is 1. The number of halogens is 1. The van der Waals surface area contributed by atoms with Crippen molar-refractivity contribution in [2.75, 3.05) is 32.8 Å². The van der Waals surface area contributed by atoms with E-state index < -0.39 is 0 Å². The van der Waals surface area contributed by atoms with Crippen molar-refractivity contribution in [3.63, 3.8) is 0 Å². The third-order valence-electron chi connectivity index (χ3n) is 5.48. The molecule has 0 aromatic heterocycles. The van der Waals surface area contributed by atoms with E-state index >= 15 is 0 Å². The first kappa shape index (κ1) is 19.8. The average Bonchev–Trinajstić information content (AvgIpc) is 3.21. The van der Waals surface area contributed by atoms with Crippen LogP contribution in [0.25, 0.3) is 0 Å². The molecule has 0 unspecified atom stereocenters. The van der Waals surface area contributed by atoms with Gasteiger partial charge in [0.25, 0.3) is 0 Å². The molecule has 1 fully saturated rings. The summed E-state index contributed by atoms with van der Waals surface area (Å²) < 4.78 is 24.9.